The highest BCUT2D eigenvalue weighted by molar-refractivity contribution is 7.98. The third kappa shape index (κ3) is 7.53. The molecule has 0 bridgehead atoms. The molecule has 0 aliphatic carbocycles. The average Bonchev–Trinajstić information content (AvgIpc) is 3.84. The molecule has 0 unspecified atom stereocenters. The molecule has 49 heavy (non-hydrogen) atoms. The lowest BCUT2D eigenvalue weighted by Gasteiger charge is -2.28. The van der Waals surface area contributed by atoms with Gasteiger partial charge in [-0.25, -0.2) is 9.67 Å². The van der Waals surface area contributed by atoms with E-state index in [2.05, 4.69) is 20.8 Å². The zero-order chi connectivity index (χ0) is 34.5. The smallest absolute Gasteiger partial charge is 0.255 e. The van der Waals surface area contributed by atoms with Crippen LogP contribution in [0.4, 0.5) is 0 Å². The number of pyridine rings is 1. The van der Waals surface area contributed by atoms with Crippen LogP contribution in [0.5, 0.6) is 0 Å². The second kappa shape index (κ2) is 15.1. The molecule has 2 N–H and O–H groups in total. The number of aromatic nitrogens is 7. The van der Waals surface area contributed by atoms with Crippen molar-refractivity contribution in [1.29, 1.82) is 0 Å². The number of hydrogen-bond donors (Lipinski definition) is 2. The van der Waals surface area contributed by atoms with Crippen LogP contribution in [-0.4, -0.2) is 87.7 Å². The molecule has 14 heteroatoms. The third-order valence-electron chi connectivity index (χ3n) is 8.76. The summed E-state index contributed by atoms with van der Waals surface area (Å²) in [6, 6.07) is 16.0. The highest BCUT2D eigenvalue weighted by atomic mass is 32.2. The molecule has 1 aliphatic rings. The van der Waals surface area contributed by atoms with Crippen LogP contribution < -0.4 is 10.6 Å². The molecule has 2 atom stereocenters. The maximum Gasteiger partial charge on any atom is 0.255 e. The Labute approximate surface area is 289 Å². The van der Waals surface area contributed by atoms with Gasteiger partial charge in [-0.1, -0.05) is 44.2 Å². The molecule has 5 aromatic rings. The number of fused-ring (bicyclic) bond motifs is 2. The first-order chi connectivity index (χ1) is 23.7. The van der Waals surface area contributed by atoms with Gasteiger partial charge in [0, 0.05) is 44.5 Å². The first kappa shape index (κ1) is 33.9. The van der Waals surface area contributed by atoms with Gasteiger partial charge in [0.05, 0.1) is 23.8 Å². The van der Waals surface area contributed by atoms with Gasteiger partial charge in [-0.05, 0) is 55.0 Å². The van der Waals surface area contributed by atoms with E-state index in [1.807, 2.05) is 89.5 Å². The van der Waals surface area contributed by atoms with E-state index in [4.69, 9.17) is 10.1 Å². The summed E-state index contributed by atoms with van der Waals surface area (Å²) in [4.78, 5) is 47.8. The zero-order valence-electron chi connectivity index (χ0n) is 28.2. The fourth-order valence-electron chi connectivity index (χ4n) is 6.04. The van der Waals surface area contributed by atoms with Crippen LogP contribution in [0.25, 0.3) is 28.6 Å². The number of nitrogens with zero attached hydrogens (tertiary/aromatic N) is 8. The molecule has 0 radical (unpaired) electrons. The van der Waals surface area contributed by atoms with Gasteiger partial charge in [-0.3, -0.25) is 18.8 Å². The van der Waals surface area contributed by atoms with Crippen molar-refractivity contribution in [2.75, 3.05) is 25.1 Å². The fourth-order valence-corrected chi connectivity index (χ4v) is 6.51. The third-order valence-corrected chi connectivity index (χ3v) is 9.40. The number of nitrogens with one attached hydrogen (secondary N) is 2. The van der Waals surface area contributed by atoms with Crippen LogP contribution in [-0.2, 0) is 23.2 Å². The van der Waals surface area contributed by atoms with Gasteiger partial charge in [0.15, 0.2) is 23.1 Å². The molecular formula is C35H42N10O3S. The quantitative estimate of drug-likeness (QED) is 0.263. The summed E-state index contributed by atoms with van der Waals surface area (Å²) in [5.74, 6) is 1.79. The van der Waals surface area contributed by atoms with Crippen LogP contribution in [0.2, 0.25) is 0 Å². The van der Waals surface area contributed by atoms with Crippen molar-refractivity contribution in [2.45, 2.75) is 51.7 Å². The second-order valence-corrected chi connectivity index (χ2v) is 13.6. The Balaban J connectivity index is 1.36. The Kier molecular flexibility index (Phi) is 10.4. The van der Waals surface area contributed by atoms with Crippen molar-refractivity contribution in [1.82, 2.24) is 49.5 Å². The number of rotatable bonds is 7. The molecule has 3 amide bonds. The number of aryl methyl sites for hydroxylation is 1. The molecule has 4 aromatic heterocycles. The number of thioether (sulfide) groups is 1. The standard InChI is InChI=1S/C35H42N10O3S/c1-23(2)30-33-38-31(24-10-6-5-7-11-24)41-45(33)20-19-43(18-9-13-29(46)36-26(16-21-49-4)34(47)37-30)35(48)25-14-15-28-39-40-32(44(28)22-25)27-12-8-17-42(27)3/h5-8,10-12,14-15,17,22-23,26,30H,9,13,16,18-21H2,1-4H3,(H,36,46)(H,37,47)/t26-,30+/m0/s1. The molecule has 6 rings (SSSR count). The second-order valence-electron chi connectivity index (χ2n) is 12.6. The summed E-state index contributed by atoms with van der Waals surface area (Å²) < 4.78 is 5.59. The van der Waals surface area contributed by atoms with Crippen LogP contribution >= 0.6 is 11.8 Å². The molecule has 5 heterocycles. The maximum atomic E-state index is 14.2. The van der Waals surface area contributed by atoms with Crippen LogP contribution in [0.15, 0.2) is 67.0 Å². The molecule has 0 saturated carbocycles. The Bertz CT molecular complexity index is 1930. The minimum Gasteiger partial charge on any atom is -0.348 e. The van der Waals surface area contributed by atoms with Gasteiger partial charge in [-0.2, -0.15) is 16.9 Å². The van der Waals surface area contributed by atoms with Crippen molar-refractivity contribution >= 4 is 35.1 Å². The average molecular weight is 683 g/mol. The van der Waals surface area contributed by atoms with Crippen LogP contribution in [0, 0.1) is 5.92 Å². The van der Waals surface area contributed by atoms with Gasteiger partial charge in [0.25, 0.3) is 5.91 Å². The van der Waals surface area contributed by atoms with Crippen molar-refractivity contribution in [2.24, 2.45) is 13.0 Å². The first-order valence-corrected chi connectivity index (χ1v) is 18.0. The monoisotopic (exact) mass is 682 g/mol. The molecule has 1 aliphatic heterocycles. The Hall–Kier alpha value is -4.98. The van der Waals surface area contributed by atoms with E-state index in [-0.39, 0.29) is 30.1 Å². The largest absolute Gasteiger partial charge is 0.348 e. The van der Waals surface area contributed by atoms with Crippen LogP contribution in [0.1, 0.15) is 55.3 Å². The lowest BCUT2D eigenvalue weighted by atomic mass is 10.0. The Morgan fingerprint density at radius 2 is 1.82 bits per heavy atom. The van der Waals surface area contributed by atoms with Crippen molar-refractivity contribution < 1.29 is 14.4 Å². The summed E-state index contributed by atoms with van der Waals surface area (Å²) in [6.45, 7) is 5.02. The molecule has 256 valence electrons. The van der Waals surface area contributed by atoms with E-state index in [9.17, 15) is 14.4 Å². The van der Waals surface area contributed by atoms with Gasteiger partial charge in [0.1, 0.15) is 6.04 Å². The summed E-state index contributed by atoms with van der Waals surface area (Å²) in [6.07, 6.45) is 6.77. The van der Waals surface area contributed by atoms with Crippen molar-refractivity contribution in [3.8, 4) is 22.9 Å². The summed E-state index contributed by atoms with van der Waals surface area (Å²) in [5.41, 5.74) is 2.83. The normalized spacial score (nSPS) is 17.9. The highest BCUT2D eigenvalue weighted by Crippen LogP contribution is 2.25. The topological polar surface area (TPSA) is 144 Å². The Morgan fingerprint density at radius 1 is 1.00 bits per heavy atom. The van der Waals surface area contributed by atoms with Gasteiger partial charge in [-0.15, -0.1) is 10.2 Å². The van der Waals surface area contributed by atoms with Crippen LogP contribution in [0.3, 0.4) is 0 Å². The van der Waals surface area contributed by atoms with Gasteiger partial charge >= 0.3 is 0 Å². The van der Waals surface area contributed by atoms with E-state index in [1.54, 1.807) is 35.0 Å². The number of carbonyl (C=O) groups is 3. The van der Waals surface area contributed by atoms with E-state index in [1.165, 1.54) is 0 Å². The summed E-state index contributed by atoms with van der Waals surface area (Å²) >= 11 is 1.62. The van der Waals surface area contributed by atoms with E-state index in [0.29, 0.717) is 66.9 Å². The molecular weight excluding hydrogens is 641 g/mol. The van der Waals surface area contributed by atoms with E-state index in [0.717, 1.165) is 11.3 Å². The van der Waals surface area contributed by atoms with E-state index >= 15 is 0 Å². The lowest BCUT2D eigenvalue weighted by molar-refractivity contribution is -0.129. The molecule has 13 nitrogen and oxygen atoms in total. The number of hydrogen-bond acceptors (Lipinski definition) is 8. The fraction of sp³-hybridized carbons (Fsp3) is 0.400. The molecule has 1 aromatic carbocycles. The number of amides is 3. The minimum absolute atomic E-state index is 0.0352. The highest BCUT2D eigenvalue weighted by Gasteiger charge is 2.30. The molecule has 0 saturated heterocycles. The van der Waals surface area contributed by atoms with E-state index < -0.39 is 12.1 Å². The SMILES string of the molecule is CSCC[C@@H]1NC(=O)CCCN(C(=O)c2ccc3nnc(-c4cccn4C)n3c2)CCn2nc(-c3ccccc3)nc2[C@@H](C(C)C)NC1=O. The minimum atomic E-state index is -0.694. The predicted octanol–water partition coefficient (Wildman–Crippen LogP) is 3.98. The van der Waals surface area contributed by atoms with Gasteiger partial charge in [0.2, 0.25) is 11.8 Å². The molecule has 0 fully saturated rings. The Morgan fingerprint density at radius 3 is 2.55 bits per heavy atom. The number of carbonyl (C=O) groups excluding carboxylic acids is 3. The first-order valence-electron chi connectivity index (χ1n) is 16.6. The summed E-state index contributed by atoms with van der Waals surface area (Å²) in [5, 5.41) is 19.7. The lowest BCUT2D eigenvalue weighted by Crippen LogP contribution is -2.49. The zero-order valence-corrected chi connectivity index (χ0v) is 29.1. The summed E-state index contributed by atoms with van der Waals surface area (Å²) in [7, 11) is 1.93. The van der Waals surface area contributed by atoms with Crippen molar-refractivity contribution in [3.63, 3.8) is 0 Å². The maximum absolute atomic E-state index is 14.2. The molecule has 0 spiro atoms. The number of benzene rings is 1. The predicted molar refractivity (Wildman–Crippen MR) is 189 cm³/mol. The van der Waals surface area contributed by atoms with Gasteiger partial charge < -0.3 is 20.1 Å². The van der Waals surface area contributed by atoms with Crippen molar-refractivity contribution in [3.05, 3.63) is 78.4 Å².